The first-order valence-electron chi connectivity index (χ1n) is 8.45. The van der Waals surface area contributed by atoms with Gasteiger partial charge < -0.3 is 23.8 Å². The highest BCUT2D eigenvalue weighted by Crippen LogP contribution is 2.33. The molecule has 0 aliphatic carbocycles. The van der Waals surface area contributed by atoms with E-state index >= 15 is 0 Å². The Labute approximate surface area is 157 Å². The Morgan fingerprint density at radius 2 is 1.79 bits per heavy atom. The van der Waals surface area contributed by atoms with E-state index in [-0.39, 0.29) is 24.8 Å². The van der Waals surface area contributed by atoms with Gasteiger partial charge in [0.25, 0.3) is 5.88 Å². The third kappa shape index (κ3) is 3.76. The van der Waals surface area contributed by atoms with Crippen molar-refractivity contribution in [2.75, 3.05) is 26.4 Å². The van der Waals surface area contributed by atoms with Crippen molar-refractivity contribution in [2.45, 2.75) is 6.36 Å². The number of fused-ring (bicyclic) bond motifs is 1. The zero-order valence-corrected chi connectivity index (χ0v) is 14.5. The van der Waals surface area contributed by atoms with Crippen LogP contribution >= 0.6 is 0 Å². The number of ether oxygens (including phenoxy) is 3. The van der Waals surface area contributed by atoms with Crippen molar-refractivity contribution in [3.8, 4) is 22.8 Å². The number of hydrogen-bond acceptors (Lipinski definition) is 6. The van der Waals surface area contributed by atoms with Crippen molar-refractivity contribution < 1.29 is 37.0 Å². The molecule has 6 nitrogen and oxygen atoms in total. The van der Waals surface area contributed by atoms with Gasteiger partial charge >= 0.3 is 6.36 Å². The van der Waals surface area contributed by atoms with E-state index in [1.54, 1.807) is 18.2 Å². The molecular weight excluding hydrogens is 379 g/mol. The summed E-state index contributed by atoms with van der Waals surface area (Å²) in [5, 5.41) is 14.0. The summed E-state index contributed by atoms with van der Waals surface area (Å²) in [5.41, 5.74) is 1.53. The Morgan fingerprint density at radius 1 is 1.07 bits per heavy atom. The van der Waals surface area contributed by atoms with Crippen LogP contribution in [0.5, 0.6) is 11.6 Å². The standard InChI is InChI=1S/C19H16F3NO5/c20-19(21,22)27-14-4-1-12(2-5-14)13-3-6-16-15(7-13)17(23-28-16)26-11-18(8-24)9-25-10-18/h1-7,24H,8-11H2. The minimum atomic E-state index is -4.73. The van der Waals surface area contributed by atoms with Crippen LogP contribution in [0.1, 0.15) is 0 Å². The van der Waals surface area contributed by atoms with Crippen molar-refractivity contribution in [3.63, 3.8) is 0 Å². The molecule has 1 aromatic heterocycles. The molecule has 1 fully saturated rings. The fraction of sp³-hybridized carbons (Fsp3) is 0.316. The first kappa shape index (κ1) is 18.6. The molecule has 4 rings (SSSR count). The van der Waals surface area contributed by atoms with Gasteiger partial charge in [0, 0.05) is 0 Å². The zero-order valence-electron chi connectivity index (χ0n) is 14.5. The molecule has 9 heteroatoms. The second-order valence-electron chi connectivity index (χ2n) is 6.71. The number of halogens is 3. The van der Waals surface area contributed by atoms with Crippen molar-refractivity contribution in [1.82, 2.24) is 5.16 Å². The molecule has 0 spiro atoms. The monoisotopic (exact) mass is 395 g/mol. The summed E-state index contributed by atoms with van der Waals surface area (Å²) in [6.07, 6.45) is -4.73. The number of aliphatic hydroxyl groups is 1. The fourth-order valence-electron chi connectivity index (χ4n) is 2.88. The van der Waals surface area contributed by atoms with Gasteiger partial charge in [0.2, 0.25) is 0 Å². The molecule has 1 saturated heterocycles. The molecular formula is C19H16F3NO5. The molecule has 0 radical (unpaired) electrons. The average Bonchev–Trinajstić information content (AvgIpc) is 3.03. The van der Waals surface area contributed by atoms with E-state index in [4.69, 9.17) is 14.0 Å². The molecule has 0 amide bonds. The van der Waals surface area contributed by atoms with Gasteiger partial charge in [0.1, 0.15) is 12.4 Å². The second-order valence-corrected chi connectivity index (χ2v) is 6.71. The van der Waals surface area contributed by atoms with Crippen LogP contribution in [-0.2, 0) is 4.74 Å². The molecule has 0 saturated carbocycles. The average molecular weight is 395 g/mol. The van der Waals surface area contributed by atoms with E-state index in [9.17, 15) is 18.3 Å². The van der Waals surface area contributed by atoms with E-state index in [1.807, 2.05) is 0 Å². The molecule has 1 aliphatic rings. The van der Waals surface area contributed by atoms with Crippen LogP contribution in [0.15, 0.2) is 47.0 Å². The van der Waals surface area contributed by atoms with Crippen molar-refractivity contribution in [3.05, 3.63) is 42.5 Å². The summed E-state index contributed by atoms with van der Waals surface area (Å²) in [6.45, 7) is 1.01. The first-order valence-corrected chi connectivity index (χ1v) is 8.45. The summed E-state index contributed by atoms with van der Waals surface area (Å²) in [6, 6.07) is 10.8. The smallest absolute Gasteiger partial charge is 0.474 e. The molecule has 1 aliphatic heterocycles. The summed E-state index contributed by atoms with van der Waals surface area (Å²) < 4.78 is 56.9. The lowest BCUT2D eigenvalue weighted by molar-refractivity contribution is -0.274. The number of rotatable bonds is 6. The Morgan fingerprint density at radius 3 is 2.39 bits per heavy atom. The van der Waals surface area contributed by atoms with Crippen LogP contribution in [0.4, 0.5) is 13.2 Å². The SMILES string of the molecule is OCC1(COc2noc3ccc(-c4ccc(OC(F)(F)F)cc4)cc23)COC1. The topological polar surface area (TPSA) is 74.0 Å². The maximum absolute atomic E-state index is 12.3. The van der Waals surface area contributed by atoms with Gasteiger partial charge in [-0.1, -0.05) is 18.2 Å². The quantitative estimate of drug-likeness (QED) is 0.685. The molecule has 3 aromatic rings. The summed E-state index contributed by atoms with van der Waals surface area (Å²) in [5.74, 6) is -0.00283. The largest absolute Gasteiger partial charge is 0.573 e. The molecule has 0 unspecified atom stereocenters. The lowest BCUT2D eigenvalue weighted by Crippen LogP contribution is -2.49. The van der Waals surface area contributed by atoms with Crippen LogP contribution in [-0.4, -0.2) is 43.1 Å². The molecule has 0 atom stereocenters. The molecule has 1 N–H and O–H groups in total. The van der Waals surface area contributed by atoms with Gasteiger partial charge in [-0.25, -0.2) is 0 Å². The van der Waals surface area contributed by atoms with Crippen LogP contribution in [0, 0.1) is 5.41 Å². The second kappa shape index (κ2) is 6.99. The Hall–Kier alpha value is -2.78. The number of alkyl halides is 3. The fourth-order valence-corrected chi connectivity index (χ4v) is 2.88. The van der Waals surface area contributed by atoms with E-state index < -0.39 is 11.8 Å². The summed E-state index contributed by atoms with van der Waals surface area (Å²) in [7, 11) is 0. The predicted octanol–water partition coefficient (Wildman–Crippen LogP) is 3.78. The van der Waals surface area contributed by atoms with E-state index in [1.165, 1.54) is 24.3 Å². The van der Waals surface area contributed by atoms with E-state index in [0.29, 0.717) is 29.7 Å². The molecule has 2 heterocycles. The number of aliphatic hydroxyl groups excluding tert-OH is 1. The number of benzene rings is 2. The number of nitrogens with zero attached hydrogens (tertiary/aromatic N) is 1. The van der Waals surface area contributed by atoms with Gasteiger partial charge in [-0.05, 0) is 40.5 Å². The molecule has 2 aromatic carbocycles. The van der Waals surface area contributed by atoms with Gasteiger partial charge in [-0.3, -0.25) is 0 Å². The van der Waals surface area contributed by atoms with Gasteiger partial charge in [0.05, 0.1) is 30.6 Å². The normalized spacial score (nSPS) is 16.0. The number of aromatic nitrogens is 1. The molecule has 0 bridgehead atoms. The Kier molecular flexibility index (Phi) is 4.64. The Balaban J connectivity index is 1.55. The lowest BCUT2D eigenvalue weighted by atomic mass is 9.88. The molecule has 148 valence electrons. The predicted molar refractivity (Wildman–Crippen MR) is 92.0 cm³/mol. The van der Waals surface area contributed by atoms with E-state index in [2.05, 4.69) is 9.89 Å². The van der Waals surface area contributed by atoms with Crippen molar-refractivity contribution in [2.24, 2.45) is 5.41 Å². The van der Waals surface area contributed by atoms with Crippen LogP contribution in [0.3, 0.4) is 0 Å². The Bertz CT molecular complexity index is 958. The maximum atomic E-state index is 12.3. The van der Waals surface area contributed by atoms with Crippen LogP contribution in [0.25, 0.3) is 22.1 Å². The summed E-state index contributed by atoms with van der Waals surface area (Å²) >= 11 is 0. The van der Waals surface area contributed by atoms with Crippen LogP contribution < -0.4 is 9.47 Å². The maximum Gasteiger partial charge on any atom is 0.573 e. The van der Waals surface area contributed by atoms with Crippen molar-refractivity contribution >= 4 is 11.0 Å². The summed E-state index contributed by atoms with van der Waals surface area (Å²) in [4.78, 5) is 0. The molecule has 28 heavy (non-hydrogen) atoms. The van der Waals surface area contributed by atoms with Crippen molar-refractivity contribution in [1.29, 1.82) is 0 Å². The van der Waals surface area contributed by atoms with Gasteiger partial charge in [0.15, 0.2) is 5.58 Å². The first-order chi connectivity index (χ1) is 13.4. The van der Waals surface area contributed by atoms with E-state index in [0.717, 1.165) is 5.56 Å². The van der Waals surface area contributed by atoms with Gasteiger partial charge in [-0.2, -0.15) is 0 Å². The highest BCUT2D eigenvalue weighted by atomic mass is 19.4. The lowest BCUT2D eigenvalue weighted by Gasteiger charge is -2.38. The zero-order chi connectivity index (χ0) is 19.8. The third-order valence-corrected chi connectivity index (χ3v) is 4.53. The van der Waals surface area contributed by atoms with Gasteiger partial charge in [-0.15, -0.1) is 13.2 Å². The minimum absolute atomic E-state index is 0.0552. The minimum Gasteiger partial charge on any atom is -0.474 e. The number of hydrogen-bond donors (Lipinski definition) is 1. The third-order valence-electron chi connectivity index (χ3n) is 4.53. The highest BCUT2D eigenvalue weighted by molar-refractivity contribution is 5.87. The van der Waals surface area contributed by atoms with Crippen LogP contribution in [0.2, 0.25) is 0 Å². The highest BCUT2D eigenvalue weighted by Gasteiger charge is 2.39.